The largest absolute Gasteiger partial charge is 0.356 e. The molecule has 0 fully saturated rings. The van der Waals surface area contributed by atoms with Crippen molar-refractivity contribution >= 4 is 17.6 Å². The van der Waals surface area contributed by atoms with Gasteiger partial charge < -0.3 is 10.6 Å². The van der Waals surface area contributed by atoms with Gasteiger partial charge in [0.2, 0.25) is 0 Å². The molecule has 2 aromatic heterocycles. The summed E-state index contributed by atoms with van der Waals surface area (Å²) >= 11 is 5.74. The monoisotopic (exact) mass is 292 g/mol. The smallest absolute Gasteiger partial charge is 0.191 e. The second-order valence-corrected chi connectivity index (χ2v) is 4.56. The molecule has 3 N–H and O–H groups in total. The normalized spacial score (nSPS) is 11.4. The standard InChI is InChI=1S/C13H17ClN6/c1-15-13(18-9-11-5-7-19-20-11)16-6-4-10-2-3-12(14)17-8-10/h2-3,5,7-8H,4,6,9H2,1H3,(H,19,20)(H2,15,16,18). The SMILES string of the molecule is CN=C(NCCc1ccc(Cl)nc1)NCc1ccn[nH]1. The lowest BCUT2D eigenvalue weighted by atomic mass is 10.2. The van der Waals surface area contributed by atoms with Gasteiger partial charge in [0.15, 0.2) is 5.96 Å². The van der Waals surface area contributed by atoms with Gasteiger partial charge in [0.25, 0.3) is 0 Å². The molecule has 0 bridgehead atoms. The lowest BCUT2D eigenvalue weighted by molar-refractivity contribution is 0.779. The number of pyridine rings is 1. The maximum Gasteiger partial charge on any atom is 0.191 e. The highest BCUT2D eigenvalue weighted by atomic mass is 35.5. The third-order valence-corrected chi connectivity index (χ3v) is 2.95. The first kappa shape index (κ1) is 14.3. The molecule has 0 amide bonds. The minimum absolute atomic E-state index is 0.513. The van der Waals surface area contributed by atoms with Gasteiger partial charge in [-0.1, -0.05) is 17.7 Å². The first-order valence-electron chi connectivity index (χ1n) is 6.31. The average molecular weight is 293 g/mol. The third-order valence-electron chi connectivity index (χ3n) is 2.72. The third kappa shape index (κ3) is 4.55. The second-order valence-electron chi connectivity index (χ2n) is 4.17. The zero-order chi connectivity index (χ0) is 14.2. The Labute approximate surface area is 122 Å². The highest BCUT2D eigenvalue weighted by molar-refractivity contribution is 6.29. The minimum atomic E-state index is 0.513. The molecule has 0 spiro atoms. The maximum atomic E-state index is 5.74. The number of aliphatic imine (C=N–C) groups is 1. The van der Waals surface area contributed by atoms with Crippen molar-refractivity contribution in [3.05, 3.63) is 47.0 Å². The minimum Gasteiger partial charge on any atom is -0.356 e. The Morgan fingerprint density at radius 1 is 1.35 bits per heavy atom. The van der Waals surface area contributed by atoms with E-state index in [1.165, 1.54) is 0 Å². The summed E-state index contributed by atoms with van der Waals surface area (Å²) in [5.74, 6) is 0.751. The van der Waals surface area contributed by atoms with Crippen molar-refractivity contribution in [3.63, 3.8) is 0 Å². The fourth-order valence-corrected chi connectivity index (χ4v) is 1.77. The summed E-state index contributed by atoms with van der Waals surface area (Å²) in [6, 6.07) is 5.68. The van der Waals surface area contributed by atoms with Crippen LogP contribution < -0.4 is 10.6 Å². The number of nitrogens with one attached hydrogen (secondary N) is 3. The van der Waals surface area contributed by atoms with E-state index >= 15 is 0 Å². The van der Waals surface area contributed by atoms with Gasteiger partial charge in [0.05, 0.1) is 12.2 Å². The summed E-state index contributed by atoms with van der Waals surface area (Å²) in [5, 5.41) is 13.7. The summed E-state index contributed by atoms with van der Waals surface area (Å²) in [6.45, 7) is 1.42. The molecule has 0 aliphatic heterocycles. The van der Waals surface area contributed by atoms with Gasteiger partial charge in [-0.15, -0.1) is 0 Å². The molecule has 20 heavy (non-hydrogen) atoms. The number of nitrogens with zero attached hydrogens (tertiary/aromatic N) is 3. The summed E-state index contributed by atoms with van der Waals surface area (Å²) in [4.78, 5) is 8.20. The molecule has 106 valence electrons. The van der Waals surface area contributed by atoms with Crippen LogP contribution >= 0.6 is 11.6 Å². The zero-order valence-corrected chi connectivity index (χ0v) is 12.0. The molecule has 0 aliphatic carbocycles. The number of halogens is 1. The first-order chi connectivity index (χ1) is 9.78. The van der Waals surface area contributed by atoms with E-state index in [0.29, 0.717) is 11.7 Å². The lowest BCUT2D eigenvalue weighted by Gasteiger charge is -2.11. The molecule has 7 heteroatoms. The van der Waals surface area contributed by atoms with Crippen molar-refractivity contribution in [3.8, 4) is 0 Å². The van der Waals surface area contributed by atoms with Gasteiger partial charge >= 0.3 is 0 Å². The number of hydrogen-bond donors (Lipinski definition) is 3. The number of guanidine groups is 1. The van der Waals surface area contributed by atoms with Crippen LogP contribution in [0, 0.1) is 0 Å². The van der Waals surface area contributed by atoms with E-state index in [1.54, 1.807) is 25.5 Å². The molecular weight excluding hydrogens is 276 g/mol. The highest BCUT2D eigenvalue weighted by Gasteiger charge is 1.99. The Hall–Kier alpha value is -2.08. The van der Waals surface area contributed by atoms with E-state index in [9.17, 15) is 0 Å². The van der Waals surface area contributed by atoms with Crippen molar-refractivity contribution in [2.45, 2.75) is 13.0 Å². The van der Waals surface area contributed by atoms with Crippen molar-refractivity contribution in [1.82, 2.24) is 25.8 Å². The van der Waals surface area contributed by atoms with Gasteiger partial charge in [-0.3, -0.25) is 10.1 Å². The predicted molar refractivity (Wildman–Crippen MR) is 79.7 cm³/mol. The van der Waals surface area contributed by atoms with Crippen LogP contribution in [0.1, 0.15) is 11.3 Å². The molecule has 0 radical (unpaired) electrons. The molecule has 2 rings (SSSR count). The van der Waals surface area contributed by atoms with Crippen molar-refractivity contribution in [1.29, 1.82) is 0 Å². The van der Waals surface area contributed by atoms with Crippen LogP contribution in [0.15, 0.2) is 35.6 Å². The Bertz CT molecular complexity index is 534. The molecular formula is C13H17ClN6. The molecule has 6 nitrogen and oxygen atoms in total. The summed E-state index contributed by atoms with van der Waals surface area (Å²) in [7, 11) is 1.74. The Balaban J connectivity index is 1.72. The fraction of sp³-hybridized carbons (Fsp3) is 0.308. The van der Waals surface area contributed by atoms with Gasteiger partial charge in [-0.05, 0) is 24.1 Å². The molecule has 0 aromatic carbocycles. The molecule has 2 heterocycles. The lowest BCUT2D eigenvalue weighted by Crippen LogP contribution is -2.37. The highest BCUT2D eigenvalue weighted by Crippen LogP contribution is 2.05. The van der Waals surface area contributed by atoms with Crippen LogP contribution in [-0.2, 0) is 13.0 Å². The van der Waals surface area contributed by atoms with Crippen molar-refractivity contribution in [2.75, 3.05) is 13.6 Å². The van der Waals surface area contributed by atoms with Crippen LogP contribution in [0.25, 0.3) is 0 Å². The maximum absolute atomic E-state index is 5.74. The van der Waals surface area contributed by atoms with E-state index in [2.05, 4.69) is 30.8 Å². The van der Waals surface area contributed by atoms with Crippen LogP contribution in [-0.4, -0.2) is 34.7 Å². The number of H-pyrrole nitrogens is 1. The number of aromatic amines is 1. The molecule has 0 aliphatic rings. The molecule has 0 atom stereocenters. The predicted octanol–water partition coefficient (Wildman–Crippen LogP) is 1.37. The fourth-order valence-electron chi connectivity index (χ4n) is 1.66. The van der Waals surface area contributed by atoms with Crippen LogP contribution in [0.2, 0.25) is 5.15 Å². The van der Waals surface area contributed by atoms with Crippen LogP contribution in [0.3, 0.4) is 0 Å². The summed E-state index contributed by atoms with van der Waals surface area (Å²) in [5.41, 5.74) is 2.14. The Kier molecular flexibility index (Phi) is 5.37. The Morgan fingerprint density at radius 2 is 2.25 bits per heavy atom. The summed E-state index contributed by atoms with van der Waals surface area (Å²) in [6.07, 6.45) is 4.36. The van der Waals surface area contributed by atoms with E-state index in [0.717, 1.165) is 30.2 Å². The molecule has 0 unspecified atom stereocenters. The van der Waals surface area contributed by atoms with Crippen LogP contribution in [0.4, 0.5) is 0 Å². The van der Waals surface area contributed by atoms with Crippen molar-refractivity contribution < 1.29 is 0 Å². The van der Waals surface area contributed by atoms with Crippen LogP contribution in [0.5, 0.6) is 0 Å². The first-order valence-corrected chi connectivity index (χ1v) is 6.69. The van der Waals surface area contributed by atoms with Crippen molar-refractivity contribution in [2.24, 2.45) is 4.99 Å². The average Bonchev–Trinajstić information content (AvgIpc) is 2.98. The molecule has 2 aromatic rings. The topological polar surface area (TPSA) is 78.0 Å². The van der Waals surface area contributed by atoms with Gasteiger partial charge in [0.1, 0.15) is 5.15 Å². The van der Waals surface area contributed by atoms with Gasteiger partial charge in [-0.2, -0.15) is 5.10 Å². The Morgan fingerprint density at radius 3 is 2.90 bits per heavy atom. The van der Waals surface area contributed by atoms with Gasteiger partial charge in [0, 0.05) is 26.0 Å². The summed E-state index contributed by atoms with van der Waals surface area (Å²) < 4.78 is 0. The number of aromatic nitrogens is 3. The van der Waals surface area contributed by atoms with E-state index in [-0.39, 0.29) is 0 Å². The van der Waals surface area contributed by atoms with E-state index < -0.39 is 0 Å². The van der Waals surface area contributed by atoms with E-state index in [4.69, 9.17) is 11.6 Å². The molecule has 0 saturated heterocycles. The van der Waals surface area contributed by atoms with E-state index in [1.807, 2.05) is 12.1 Å². The zero-order valence-electron chi connectivity index (χ0n) is 11.2. The van der Waals surface area contributed by atoms with Gasteiger partial charge in [-0.25, -0.2) is 4.98 Å². The number of rotatable bonds is 5. The number of hydrogen-bond acceptors (Lipinski definition) is 3. The second kappa shape index (κ2) is 7.49. The molecule has 0 saturated carbocycles. The quantitative estimate of drug-likeness (QED) is 0.442.